The Morgan fingerprint density at radius 1 is 1.13 bits per heavy atom. The van der Waals surface area contributed by atoms with E-state index >= 15 is 0 Å². The zero-order valence-corrected chi connectivity index (χ0v) is 16.6. The maximum Gasteiger partial charge on any atom is 0.434 e. The fraction of sp³-hybridized carbons (Fsp3) is 0.350. The molecule has 5 heterocycles. The Kier molecular flexibility index (Phi) is 4.69. The summed E-state index contributed by atoms with van der Waals surface area (Å²) in [4.78, 5) is 23.1. The van der Waals surface area contributed by atoms with Crippen LogP contribution in [-0.4, -0.2) is 55.7 Å². The van der Waals surface area contributed by atoms with Crippen molar-refractivity contribution in [3.05, 3.63) is 48.3 Å². The number of rotatable bonds is 3. The lowest BCUT2D eigenvalue weighted by Crippen LogP contribution is -2.56. The number of alkyl halides is 3. The second kappa shape index (κ2) is 7.41. The summed E-state index contributed by atoms with van der Waals surface area (Å²) in [6, 6.07) is 2.10. The number of hydrogen-bond donors (Lipinski definition) is 1. The number of piperazine rings is 1. The van der Waals surface area contributed by atoms with Crippen LogP contribution in [0.3, 0.4) is 0 Å². The number of nitrogens with zero attached hydrogens (tertiary/aromatic N) is 7. The predicted molar refractivity (Wildman–Crippen MR) is 109 cm³/mol. The number of nitrogens with one attached hydrogen (secondary N) is 1. The highest BCUT2D eigenvalue weighted by atomic mass is 19.4. The number of allylic oxidation sites excluding steroid dienone is 1. The van der Waals surface area contributed by atoms with Crippen molar-refractivity contribution in [1.29, 1.82) is 0 Å². The Bertz CT molecular complexity index is 1180. The van der Waals surface area contributed by atoms with E-state index in [1.807, 2.05) is 6.21 Å². The molecule has 1 saturated heterocycles. The van der Waals surface area contributed by atoms with Crippen LogP contribution in [0.2, 0.25) is 0 Å². The van der Waals surface area contributed by atoms with Crippen LogP contribution in [0.25, 0.3) is 17.2 Å². The molecular weight excluding hydrogens is 409 g/mol. The fourth-order valence-corrected chi connectivity index (χ4v) is 3.91. The van der Waals surface area contributed by atoms with Gasteiger partial charge in [0.15, 0.2) is 17.2 Å². The van der Waals surface area contributed by atoms with Crippen molar-refractivity contribution in [2.24, 2.45) is 4.99 Å². The second-order valence-electron chi connectivity index (χ2n) is 7.58. The minimum Gasteiger partial charge on any atom is -0.353 e. The van der Waals surface area contributed by atoms with Crippen molar-refractivity contribution in [3.63, 3.8) is 0 Å². The first-order valence-corrected chi connectivity index (χ1v) is 9.86. The molecule has 0 radical (unpaired) electrons. The van der Waals surface area contributed by atoms with Gasteiger partial charge in [-0.05, 0) is 13.0 Å². The molecule has 8 nitrogen and oxygen atoms in total. The van der Waals surface area contributed by atoms with Crippen LogP contribution in [0.5, 0.6) is 0 Å². The molecule has 2 atom stereocenters. The number of aromatic nitrogens is 5. The van der Waals surface area contributed by atoms with E-state index in [4.69, 9.17) is 0 Å². The van der Waals surface area contributed by atoms with Gasteiger partial charge in [0.2, 0.25) is 0 Å². The lowest BCUT2D eigenvalue weighted by molar-refractivity contribution is -0.141. The van der Waals surface area contributed by atoms with Gasteiger partial charge in [0.1, 0.15) is 11.5 Å². The summed E-state index contributed by atoms with van der Waals surface area (Å²) >= 11 is 0. The van der Waals surface area contributed by atoms with E-state index in [-0.39, 0.29) is 12.1 Å². The Morgan fingerprint density at radius 2 is 2.00 bits per heavy atom. The van der Waals surface area contributed by atoms with Crippen LogP contribution >= 0.6 is 0 Å². The van der Waals surface area contributed by atoms with Gasteiger partial charge in [-0.25, -0.2) is 19.9 Å². The first-order chi connectivity index (χ1) is 14.9. The van der Waals surface area contributed by atoms with Crippen molar-refractivity contribution in [2.75, 3.05) is 18.0 Å². The quantitative estimate of drug-likeness (QED) is 0.691. The summed E-state index contributed by atoms with van der Waals surface area (Å²) in [5.74, 6) is 0.996. The zero-order chi connectivity index (χ0) is 21.6. The molecule has 1 N–H and O–H groups in total. The van der Waals surface area contributed by atoms with Gasteiger partial charge < -0.3 is 10.2 Å². The highest BCUT2D eigenvalue weighted by molar-refractivity contribution is 5.65. The molecule has 11 heteroatoms. The molecular formula is C20H19F3N8. The molecule has 0 saturated carbocycles. The van der Waals surface area contributed by atoms with Gasteiger partial charge in [-0.1, -0.05) is 6.08 Å². The van der Waals surface area contributed by atoms with E-state index in [9.17, 15) is 13.2 Å². The van der Waals surface area contributed by atoms with Crippen molar-refractivity contribution < 1.29 is 13.2 Å². The predicted octanol–water partition coefficient (Wildman–Crippen LogP) is 2.73. The molecule has 0 bridgehead atoms. The van der Waals surface area contributed by atoms with Crippen molar-refractivity contribution in [3.8, 4) is 11.5 Å². The second-order valence-corrected chi connectivity index (χ2v) is 7.58. The summed E-state index contributed by atoms with van der Waals surface area (Å²) in [6.45, 7) is 3.51. The number of aliphatic imine (C=N–C) groups is 1. The molecule has 160 valence electrons. The van der Waals surface area contributed by atoms with Crippen LogP contribution in [0.15, 0.2) is 47.6 Å². The maximum absolute atomic E-state index is 13.1. The van der Waals surface area contributed by atoms with Crippen molar-refractivity contribution in [2.45, 2.75) is 31.6 Å². The number of anilines is 1. The van der Waals surface area contributed by atoms with Gasteiger partial charge in [-0.15, -0.1) is 0 Å². The zero-order valence-electron chi connectivity index (χ0n) is 16.6. The third-order valence-electron chi connectivity index (χ3n) is 5.29. The maximum atomic E-state index is 13.1. The van der Waals surface area contributed by atoms with E-state index in [0.717, 1.165) is 31.1 Å². The molecule has 0 aromatic carbocycles. The van der Waals surface area contributed by atoms with Gasteiger partial charge >= 0.3 is 6.18 Å². The Balaban J connectivity index is 1.48. The van der Waals surface area contributed by atoms with Gasteiger partial charge in [0.05, 0.1) is 24.1 Å². The first kappa shape index (κ1) is 19.6. The molecule has 1 fully saturated rings. The lowest BCUT2D eigenvalue weighted by atomic mass is 10.1. The third kappa shape index (κ3) is 3.76. The van der Waals surface area contributed by atoms with Crippen LogP contribution in [0.4, 0.5) is 19.0 Å². The Labute approximate surface area is 175 Å². The van der Waals surface area contributed by atoms with Gasteiger partial charge in [-0.3, -0.25) is 9.39 Å². The van der Waals surface area contributed by atoms with E-state index in [2.05, 4.69) is 48.1 Å². The number of fused-ring (bicyclic) bond motifs is 1. The van der Waals surface area contributed by atoms with E-state index < -0.39 is 11.9 Å². The average molecular weight is 428 g/mol. The largest absolute Gasteiger partial charge is 0.434 e. The smallest absolute Gasteiger partial charge is 0.353 e. The van der Waals surface area contributed by atoms with Gasteiger partial charge in [0.25, 0.3) is 0 Å². The Morgan fingerprint density at radius 3 is 2.77 bits per heavy atom. The topological polar surface area (TPSA) is 83.6 Å². The number of hydrogen-bond acceptors (Lipinski definition) is 7. The SMILES string of the molecule is CC1CN(c2ccnc(-c3cnc4cnc(C(F)(F)F)cn34)n2)CC(C2=CCC=N2)N1. The van der Waals surface area contributed by atoms with Crippen molar-refractivity contribution >= 4 is 17.7 Å². The summed E-state index contributed by atoms with van der Waals surface area (Å²) in [5, 5.41) is 3.55. The summed E-state index contributed by atoms with van der Waals surface area (Å²) in [7, 11) is 0. The van der Waals surface area contributed by atoms with Crippen molar-refractivity contribution in [1.82, 2.24) is 29.7 Å². The molecule has 0 amide bonds. The molecule has 0 aliphatic carbocycles. The summed E-state index contributed by atoms with van der Waals surface area (Å²) in [5.41, 5.74) is 0.672. The molecule has 2 aliphatic heterocycles. The van der Waals surface area contributed by atoms with E-state index in [0.29, 0.717) is 29.5 Å². The first-order valence-electron chi connectivity index (χ1n) is 9.86. The summed E-state index contributed by atoms with van der Waals surface area (Å²) in [6.07, 6.45) is 5.34. The molecule has 0 spiro atoms. The van der Waals surface area contributed by atoms with Crippen LogP contribution in [-0.2, 0) is 6.18 Å². The highest BCUT2D eigenvalue weighted by Crippen LogP contribution is 2.29. The normalized spacial score (nSPS) is 21.7. The van der Waals surface area contributed by atoms with Crippen LogP contribution in [0.1, 0.15) is 19.0 Å². The standard InChI is InChI=1S/C20H19F3N8/c1-12-9-30(10-14(28-12)13-3-2-5-24-13)17-4-6-25-19(29-17)15-7-27-18-8-26-16(11-31(15)18)20(21,22)23/h3-8,11-12,14,28H,2,9-10H2,1H3. The van der Waals surface area contributed by atoms with Crippen LogP contribution < -0.4 is 10.2 Å². The van der Waals surface area contributed by atoms with E-state index in [1.165, 1.54) is 10.6 Å². The molecule has 5 rings (SSSR count). The third-order valence-corrected chi connectivity index (χ3v) is 5.29. The van der Waals surface area contributed by atoms with Gasteiger partial charge in [-0.2, -0.15) is 13.2 Å². The number of imidazole rings is 1. The molecule has 3 aromatic heterocycles. The average Bonchev–Trinajstić information content (AvgIpc) is 3.42. The molecule has 2 unspecified atom stereocenters. The van der Waals surface area contributed by atoms with Crippen LogP contribution in [0, 0.1) is 0 Å². The summed E-state index contributed by atoms with van der Waals surface area (Å²) < 4.78 is 40.6. The molecule has 31 heavy (non-hydrogen) atoms. The minimum absolute atomic E-state index is 0.0807. The Hall–Kier alpha value is -3.34. The minimum atomic E-state index is -4.55. The van der Waals surface area contributed by atoms with E-state index in [1.54, 1.807) is 12.3 Å². The number of halogens is 3. The lowest BCUT2D eigenvalue weighted by Gasteiger charge is -2.38. The highest BCUT2D eigenvalue weighted by Gasteiger charge is 2.33. The fourth-order valence-electron chi connectivity index (χ4n) is 3.91. The van der Waals surface area contributed by atoms with Gasteiger partial charge in [0, 0.05) is 44.2 Å². The molecule has 2 aliphatic rings. The molecule has 3 aromatic rings. The monoisotopic (exact) mass is 428 g/mol.